The van der Waals surface area contributed by atoms with Gasteiger partial charge in [-0.15, -0.1) is 11.8 Å². The molecule has 1 saturated heterocycles. The zero-order chi connectivity index (χ0) is 18.4. The predicted octanol–water partition coefficient (Wildman–Crippen LogP) is 1.66. The molecule has 1 aliphatic heterocycles. The van der Waals surface area contributed by atoms with E-state index in [-0.39, 0.29) is 11.5 Å². The third-order valence-corrected chi connectivity index (χ3v) is 6.28. The Balaban J connectivity index is 1.82. The summed E-state index contributed by atoms with van der Waals surface area (Å²) in [5.74, 6) is -1.11. The van der Waals surface area contributed by atoms with Crippen molar-refractivity contribution in [2.24, 2.45) is 0 Å². The number of benzene rings is 1. The summed E-state index contributed by atoms with van der Waals surface area (Å²) in [7, 11) is -3.07. The lowest BCUT2D eigenvalue weighted by Gasteiger charge is -2.15. The van der Waals surface area contributed by atoms with Crippen molar-refractivity contribution in [3.63, 3.8) is 0 Å². The number of thioether (sulfide) groups is 1. The van der Waals surface area contributed by atoms with Crippen molar-refractivity contribution in [1.29, 1.82) is 0 Å². The van der Waals surface area contributed by atoms with Gasteiger partial charge in [0.15, 0.2) is 15.9 Å². The van der Waals surface area contributed by atoms with Gasteiger partial charge < -0.3 is 10.1 Å². The van der Waals surface area contributed by atoms with Gasteiger partial charge in [-0.2, -0.15) is 0 Å². The minimum absolute atomic E-state index is 0.0641. The monoisotopic (exact) mass is 383 g/mol. The number of hydrogen-bond donors (Lipinski definition) is 1. The number of amides is 1. The van der Waals surface area contributed by atoms with Crippen LogP contribution in [0.1, 0.15) is 18.9 Å². The van der Waals surface area contributed by atoms with Crippen molar-refractivity contribution in [2.75, 3.05) is 17.8 Å². The van der Waals surface area contributed by atoms with Crippen molar-refractivity contribution in [3.05, 3.63) is 35.9 Å². The fraction of sp³-hybridized carbons (Fsp3) is 0.412. The van der Waals surface area contributed by atoms with E-state index < -0.39 is 33.9 Å². The highest BCUT2D eigenvalue weighted by atomic mass is 32.2. The van der Waals surface area contributed by atoms with Crippen molar-refractivity contribution in [2.45, 2.75) is 30.4 Å². The molecule has 0 saturated carbocycles. The quantitative estimate of drug-likeness (QED) is 0.456. The predicted molar refractivity (Wildman–Crippen MR) is 98.0 cm³/mol. The van der Waals surface area contributed by atoms with Crippen LogP contribution in [0.3, 0.4) is 0 Å². The lowest BCUT2D eigenvalue weighted by molar-refractivity contribution is -0.150. The van der Waals surface area contributed by atoms with Gasteiger partial charge in [-0.05, 0) is 43.4 Å². The van der Waals surface area contributed by atoms with E-state index in [0.717, 1.165) is 10.5 Å². The topological polar surface area (TPSA) is 89.5 Å². The van der Waals surface area contributed by atoms with Gasteiger partial charge in [0.1, 0.15) is 0 Å². The van der Waals surface area contributed by atoms with Crippen LogP contribution in [-0.4, -0.2) is 50.2 Å². The van der Waals surface area contributed by atoms with E-state index in [1.807, 2.05) is 30.5 Å². The zero-order valence-electron chi connectivity index (χ0n) is 14.1. The molecule has 0 aliphatic carbocycles. The molecule has 0 bridgehead atoms. The zero-order valence-corrected chi connectivity index (χ0v) is 15.7. The molecule has 6 nitrogen and oxygen atoms in total. The van der Waals surface area contributed by atoms with Gasteiger partial charge in [0.2, 0.25) is 0 Å². The molecule has 0 unspecified atom stereocenters. The van der Waals surface area contributed by atoms with Crippen LogP contribution in [0.5, 0.6) is 0 Å². The minimum Gasteiger partial charge on any atom is -0.449 e. The van der Waals surface area contributed by atoms with E-state index in [1.165, 1.54) is 13.0 Å². The maximum absolute atomic E-state index is 12.0. The van der Waals surface area contributed by atoms with Crippen molar-refractivity contribution < 1.29 is 22.7 Å². The molecule has 1 aliphatic rings. The average molecular weight is 383 g/mol. The van der Waals surface area contributed by atoms with Crippen LogP contribution in [0.25, 0.3) is 6.08 Å². The summed E-state index contributed by atoms with van der Waals surface area (Å²) in [5, 5.41) is 2.60. The molecule has 0 spiro atoms. The normalized spacial score (nSPS) is 20.3. The lowest BCUT2D eigenvalue weighted by Crippen LogP contribution is -2.42. The summed E-state index contributed by atoms with van der Waals surface area (Å²) in [6.07, 6.45) is 4.26. The molecule has 1 aromatic carbocycles. The summed E-state index contributed by atoms with van der Waals surface area (Å²) in [5.41, 5.74) is 0.850. The molecular formula is C17H21NO5S2. The molecule has 0 radical (unpaired) electrons. The van der Waals surface area contributed by atoms with Gasteiger partial charge in [0.25, 0.3) is 5.91 Å². The summed E-state index contributed by atoms with van der Waals surface area (Å²) in [6, 6.07) is 7.24. The number of carbonyl (C=O) groups excluding carboxylic acids is 2. The van der Waals surface area contributed by atoms with E-state index in [9.17, 15) is 18.0 Å². The van der Waals surface area contributed by atoms with Gasteiger partial charge >= 0.3 is 5.97 Å². The first-order valence-electron chi connectivity index (χ1n) is 7.82. The van der Waals surface area contributed by atoms with Gasteiger partial charge in [0.05, 0.1) is 11.5 Å². The van der Waals surface area contributed by atoms with Crippen LogP contribution in [-0.2, 0) is 24.2 Å². The fourth-order valence-electron chi connectivity index (χ4n) is 2.37. The maximum Gasteiger partial charge on any atom is 0.331 e. The minimum atomic E-state index is -3.07. The first-order chi connectivity index (χ1) is 11.8. The average Bonchev–Trinajstić information content (AvgIpc) is 2.91. The molecule has 2 rings (SSSR count). The van der Waals surface area contributed by atoms with Crippen LogP contribution < -0.4 is 5.32 Å². The van der Waals surface area contributed by atoms with E-state index in [4.69, 9.17) is 4.74 Å². The van der Waals surface area contributed by atoms with E-state index >= 15 is 0 Å². The molecule has 2 atom stereocenters. The second kappa shape index (κ2) is 8.53. The third-order valence-electron chi connectivity index (χ3n) is 3.77. The van der Waals surface area contributed by atoms with Crippen molar-refractivity contribution >= 4 is 39.6 Å². The molecule has 136 valence electrons. The summed E-state index contributed by atoms with van der Waals surface area (Å²) >= 11 is 1.63. The standard InChI is InChI=1S/C17H21NO5S2/c1-12(17(20)18-14-9-10-25(21,22)11-14)23-16(19)8-5-13-3-6-15(24-2)7-4-13/h3-8,12,14H,9-11H2,1-2H3,(H,18,20)/b8-5+/t12-,14+/m1/s1. The first-order valence-corrected chi connectivity index (χ1v) is 10.9. The highest BCUT2D eigenvalue weighted by molar-refractivity contribution is 7.98. The first kappa shape index (κ1) is 19.5. The summed E-state index contributed by atoms with van der Waals surface area (Å²) < 4.78 is 27.8. The SMILES string of the molecule is CSc1ccc(/C=C/C(=O)O[C@H](C)C(=O)N[C@H]2CCS(=O)(=O)C2)cc1. The number of hydrogen-bond acceptors (Lipinski definition) is 6. The number of rotatable bonds is 6. The summed E-state index contributed by atoms with van der Waals surface area (Å²) in [4.78, 5) is 24.9. The van der Waals surface area contributed by atoms with Crippen LogP contribution >= 0.6 is 11.8 Å². The fourth-order valence-corrected chi connectivity index (χ4v) is 4.46. The van der Waals surface area contributed by atoms with Crippen molar-refractivity contribution in [1.82, 2.24) is 5.32 Å². The molecule has 1 fully saturated rings. The molecule has 1 aromatic rings. The Morgan fingerprint density at radius 2 is 2.00 bits per heavy atom. The molecular weight excluding hydrogens is 362 g/mol. The molecule has 25 heavy (non-hydrogen) atoms. The Morgan fingerprint density at radius 3 is 2.56 bits per heavy atom. The van der Waals surface area contributed by atoms with Crippen LogP contribution in [0.15, 0.2) is 35.2 Å². The Morgan fingerprint density at radius 1 is 1.32 bits per heavy atom. The van der Waals surface area contributed by atoms with Gasteiger partial charge in [0, 0.05) is 17.0 Å². The Kier molecular flexibility index (Phi) is 6.66. The molecule has 1 heterocycles. The molecule has 8 heteroatoms. The van der Waals surface area contributed by atoms with E-state index in [0.29, 0.717) is 6.42 Å². The third kappa shape index (κ3) is 6.21. The van der Waals surface area contributed by atoms with Gasteiger partial charge in [-0.3, -0.25) is 4.79 Å². The number of ether oxygens (including phenoxy) is 1. The lowest BCUT2D eigenvalue weighted by atomic mass is 10.2. The number of nitrogens with one attached hydrogen (secondary N) is 1. The largest absolute Gasteiger partial charge is 0.449 e. The Labute approximate surface area is 151 Å². The molecule has 0 aromatic heterocycles. The van der Waals surface area contributed by atoms with E-state index in [2.05, 4.69) is 5.32 Å². The summed E-state index contributed by atoms with van der Waals surface area (Å²) in [6.45, 7) is 1.46. The van der Waals surface area contributed by atoms with E-state index in [1.54, 1.807) is 17.8 Å². The van der Waals surface area contributed by atoms with Crippen LogP contribution in [0.2, 0.25) is 0 Å². The molecule has 1 N–H and O–H groups in total. The number of carbonyl (C=O) groups is 2. The number of esters is 1. The second-order valence-electron chi connectivity index (χ2n) is 5.79. The van der Waals surface area contributed by atoms with Gasteiger partial charge in [-0.1, -0.05) is 12.1 Å². The maximum atomic E-state index is 12.0. The van der Waals surface area contributed by atoms with Crippen LogP contribution in [0.4, 0.5) is 0 Å². The smallest absolute Gasteiger partial charge is 0.331 e. The second-order valence-corrected chi connectivity index (χ2v) is 8.90. The van der Waals surface area contributed by atoms with Crippen LogP contribution in [0, 0.1) is 0 Å². The highest BCUT2D eigenvalue weighted by Gasteiger charge is 2.30. The van der Waals surface area contributed by atoms with Crippen molar-refractivity contribution in [3.8, 4) is 0 Å². The molecule has 1 amide bonds. The number of sulfone groups is 1. The Bertz CT molecular complexity index is 756. The highest BCUT2D eigenvalue weighted by Crippen LogP contribution is 2.15. The van der Waals surface area contributed by atoms with Gasteiger partial charge in [-0.25, -0.2) is 13.2 Å². The Hall–Kier alpha value is -1.80.